The van der Waals surface area contributed by atoms with Crippen LogP contribution in [0, 0.1) is 16.0 Å². The molecular formula is C15H19N3O3. The number of piperidine rings is 1. The lowest BCUT2D eigenvalue weighted by Crippen LogP contribution is -2.47. The van der Waals surface area contributed by atoms with Gasteiger partial charge in [-0.1, -0.05) is 6.92 Å². The van der Waals surface area contributed by atoms with E-state index in [1.165, 1.54) is 18.2 Å². The van der Waals surface area contributed by atoms with Gasteiger partial charge in [-0.05, 0) is 36.1 Å². The van der Waals surface area contributed by atoms with Crippen molar-refractivity contribution in [3.8, 4) is 0 Å². The zero-order valence-corrected chi connectivity index (χ0v) is 11.9. The molecule has 2 rings (SSSR count). The molecule has 2 N–H and O–H groups in total. The van der Waals surface area contributed by atoms with E-state index < -0.39 is 4.92 Å². The van der Waals surface area contributed by atoms with Gasteiger partial charge in [0.1, 0.15) is 0 Å². The fraction of sp³-hybridized carbons (Fsp3) is 0.400. The second kappa shape index (κ2) is 6.49. The SMILES string of the molecule is CC1CN(C(=O)C=Cc2ccc([N+](=O)[O-])cc2)CCC1N. The molecule has 0 aromatic heterocycles. The lowest BCUT2D eigenvalue weighted by atomic mass is 9.95. The highest BCUT2D eigenvalue weighted by atomic mass is 16.6. The third-order valence-corrected chi connectivity index (χ3v) is 3.81. The van der Waals surface area contributed by atoms with Crippen molar-refractivity contribution in [3.63, 3.8) is 0 Å². The summed E-state index contributed by atoms with van der Waals surface area (Å²) < 4.78 is 0. The highest BCUT2D eigenvalue weighted by Crippen LogP contribution is 2.16. The summed E-state index contributed by atoms with van der Waals surface area (Å²) in [4.78, 5) is 24.0. The molecule has 0 saturated carbocycles. The maximum absolute atomic E-state index is 12.1. The minimum absolute atomic E-state index is 0.0392. The topological polar surface area (TPSA) is 89.5 Å². The first-order chi connectivity index (χ1) is 9.97. The lowest BCUT2D eigenvalue weighted by molar-refractivity contribution is -0.384. The molecule has 2 unspecified atom stereocenters. The molecule has 0 bridgehead atoms. The van der Waals surface area contributed by atoms with E-state index >= 15 is 0 Å². The number of amides is 1. The summed E-state index contributed by atoms with van der Waals surface area (Å²) in [5.74, 6) is 0.252. The van der Waals surface area contributed by atoms with Crippen LogP contribution < -0.4 is 5.73 Å². The molecule has 1 saturated heterocycles. The van der Waals surface area contributed by atoms with Crippen LogP contribution in [0.25, 0.3) is 6.08 Å². The van der Waals surface area contributed by atoms with Crippen LogP contribution in [0.2, 0.25) is 0 Å². The van der Waals surface area contributed by atoms with Crippen molar-refractivity contribution in [1.29, 1.82) is 0 Å². The third kappa shape index (κ3) is 3.88. The number of non-ortho nitro benzene ring substituents is 1. The van der Waals surface area contributed by atoms with Gasteiger partial charge in [0.2, 0.25) is 5.91 Å². The van der Waals surface area contributed by atoms with Crippen LogP contribution >= 0.6 is 0 Å². The first-order valence-electron chi connectivity index (χ1n) is 6.94. The first-order valence-corrected chi connectivity index (χ1v) is 6.94. The van der Waals surface area contributed by atoms with Gasteiger partial charge in [-0.3, -0.25) is 14.9 Å². The predicted octanol–water partition coefficient (Wildman–Crippen LogP) is 1.80. The van der Waals surface area contributed by atoms with E-state index in [1.807, 2.05) is 6.92 Å². The monoisotopic (exact) mass is 289 g/mol. The van der Waals surface area contributed by atoms with Gasteiger partial charge in [0.25, 0.3) is 5.69 Å². The Balaban J connectivity index is 1.97. The normalized spacial score (nSPS) is 22.5. The van der Waals surface area contributed by atoms with Gasteiger partial charge in [-0.25, -0.2) is 0 Å². The average Bonchev–Trinajstić information content (AvgIpc) is 2.48. The lowest BCUT2D eigenvalue weighted by Gasteiger charge is -2.34. The maximum Gasteiger partial charge on any atom is 0.269 e. The Morgan fingerprint density at radius 2 is 2.10 bits per heavy atom. The molecule has 1 aromatic carbocycles. The van der Waals surface area contributed by atoms with Crippen molar-refractivity contribution < 1.29 is 9.72 Å². The first kappa shape index (κ1) is 15.2. The van der Waals surface area contributed by atoms with Gasteiger partial charge >= 0.3 is 0 Å². The minimum atomic E-state index is -0.447. The number of hydrogen-bond acceptors (Lipinski definition) is 4. The molecule has 1 fully saturated rings. The van der Waals surface area contributed by atoms with E-state index in [0.29, 0.717) is 19.0 Å². The molecule has 6 nitrogen and oxygen atoms in total. The largest absolute Gasteiger partial charge is 0.339 e. The fourth-order valence-electron chi connectivity index (χ4n) is 2.34. The number of nitrogens with zero attached hydrogens (tertiary/aromatic N) is 2. The summed E-state index contributed by atoms with van der Waals surface area (Å²) >= 11 is 0. The maximum atomic E-state index is 12.1. The smallest absolute Gasteiger partial charge is 0.269 e. The number of rotatable bonds is 3. The molecule has 112 valence electrons. The van der Waals surface area contributed by atoms with E-state index in [0.717, 1.165) is 12.0 Å². The highest BCUT2D eigenvalue weighted by molar-refractivity contribution is 5.91. The summed E-state index contributed by atoms with van der Waals surface area (Å²) in [6.45, 7) is 3.39. The van der Waals surface area contributed by atoms with Crippen LogP contribution in [0.5, 0.6) is 0 Å². The number of carbonyl (C=O) groups is 1. The van der Waals surface area contributed by atoms with Crippen LogP contribution in [0.3, 0.4) is 0 Å². The predicted molar refractivity (Wildman–Crippen MR) is 80.5 cm³/mol. The Morgan fingerprint density at radius 3 is 2.67 bits per heavy atom. The standard InChI is InChI=1S/C15H19N3O3/c1-11-10-17(9-8-14(11)16)15(19)7-4-12-2-5-13(6-3-12)18(20)21/h2-7,11,14H,8-10,16H2,1H3. The highest BCUT2D eigenvalue weighted by Gasteiger charge is 2.24. The average molecular weight is 289 g/mol. The fourth-order valence-corrected chi connectivity index (χ4v) is 2.34. The molecule has 1 aliphatic heterocycles. The Kier molecular flexibility index (Phi) is 4.70. The Morgan fingerprint density at radius 1 is 1.43 bits per heavy atom. The number of nitro benzene ring substituents is 1. The summed E-state index contributed by atoms with van der Waals surface area (Å²) in [6, 6.07) is 6.25. The van der Waals surface area contributed by atoms with Crippen LogP contribution in [0.4, 0.5) is 5.69 Å². The van der Waals surface area contributed by atoms with Gasteiger partial charge in [0.05, 0.1) is 4.92 Å². The quantitative estimate of drug-likeness (QED) is 0.522. The summed E-state index contributed by atoms with van der Waals surface area (Å²) in [6.07, 6.45) is 3.99. The second-order valence-electron chi connectivity index (χ2n) is 5.40. The van der Waals surface area contributed by atoms with Crippen LogP contribution in [0.15, 0.2) is 30.3 Å². The van der Waals surface area contributed by atoms with Gasteiger partial charge in [0, 0.05) is 37.3 Å². The van der Waals surface area contributed by atoms with Crippen LogP contribution in [0.1, 0.15) is 18.9 Å². The number of nitro groups is 1. The Bertz CT molecular complexity index is 554. The molecule has 1 heterocycles. The second-order valence-corrected chi connectivity index (χ2v) is 5.40. The molecule has 2 atom stereocenters. The van der Waals surface area contributed by atoms with Crippen LogP contribution in [-0.4, -0.2) is 34.9 Å². The van der Waals surface area contributed by atoms with E-state index in [1.54, 1.807) is 23.1 Å². The summed E-state index contributed by atoms with van der Waals surface area (Å²) in [5, 5.41) is 10.6. The van der Waals surface area contributed by atoms with Crippen molar-refractivity contribution in [2.45, 2.75) is 19.4 Å². The minimum Gasteiger partial charge on any atom is -0.339 e. The molecule has 0 aliphatic carbocycles. The number of likely N-dealkylation sites (tertiary alicyclic amines) is 1. The van der Waals surface area contributed by atoms with E-state index in [4.69, 9.17) is 5.73 Å². The zero-order chi connectivity index (χ0) is 15.4. The van der Waals surface area contributed by atoms with E-state index in [2.05, 4.69) is 0 Å². The Labute approximate surface area is 123 Å². The van der Waals surface area contributed by atoms with E-state index in [9.17, 15) is 14.9 Å². The van der Waals surface area contributed by atoms with E-state index in [-0.39, 0.29) is 17.6 Å². The molecule has 1 aromatic rings. The molecule has 1 aliphatic rings. The summed E-state index contributed by atoms with van der Waals surface area (Å²) in [7, 11) is 0. The molecule has 0 radical (unpaired) electrons. The van der Waals surface area contributed by atoms with Gasteiger partial charge in [-0.2, -0.15) is 0 Å². The van der Waals surface area contributed by atoms with Crippen LogP contribution in [-0.2, 0) is 4.79 Å². The van der Waals surface area contributed by atoms with Crippen molar-refractivity contribution in [2.24, 2.45) is 11.7 Å². The number of carbonyl (C=O) groups excluding carboxylic acids is 1. The number of benzene rings is 1. The van der Waals surface area contributed by atoms with Crippen molar-refractivity contribution >= 4 is 17.7 Å². The van der Waals surface area contributed by atoms with Crippen molar-refractivity contribution in [1.82, 2.24) is 4.90 Å². The number of hydrogen-bond donors (Lipinski definition) is 1. The third-order valence-electron chi connectivity index (χ3n) is 3.81. The molecular weight excluding hydrogens is 270 g/mol. The van der Waals surface area contributed by atoms with Gasteiger partial charge < -0.3 is 10.6 Å². The Hall–Kier alpha value is -2.21. The zero-order valence-electron chi connectivity index (χ0n) is 11.9. The number of nitrogens with two attached hydrogens (primary N) is 1. The molecule has 21 heavy (non-hydrogen) atoms. The molecule has 6 heteroatoms. The van der Waals surface area contributed by atoms with Gasteiger partial charge in [-0.15, -0.1) is 0 Å². The van der Waals surface area contributed by atoms with Gasteiger partial charge in [0.15, 0.2) is 0 Å². The summed E-state index contributed by atoms with van der Waals surface area (Å²) in [5.41, 5.74) is 6.73. The molecule has 1 amide bonds. The van der Waals surface area contributed by atoms with Crippen molar-refractivity contribution in [3.05, 3.63) is 46.0 Å². The van der Waals surface area contributed by atoms with Crippen molar-refractivity contribution in [2.75, 3.05) is 13.1 Å². The molecule has 0 spiro atoms.